The summed E-state index contributed by atoms with van der Waals surface area (Å²) in [5, 5.41) is 4.60. The van der Waals surface area contributed by atoms with Crippen molar-refractivity contribution in [1.29, 1.82) is 0 Å². The number of ketones is 1. The highest BCUT2D eigenvalue weighted by Crippen LogP contribution is 2.42. The van der Waals surface area contributed by atoms with Gasteiger partial charge in [-0.2, -0.15) is 9.78 Å². The van der Waals surface area contributed by atoms with Crippen LogP contribution in [0.15, 0.2) is 30.5 Å². The van der Waals surface area contributed by atoms with Crippen LogP contribution < -0.4 is 9.47 Å². The van der Waals surface area contributed by atoms with Gasteiger partial charge in [-0.25, -0.2) is 4.79 Å². The van der Waals surface area contributed by atoms with Crippen molar-refractivity contribution in [3.05, 3.63) is 41.2 Å². The Hall–Kier alpha value is -2.54. The number of benzene rings is 1. The molecule has 4 rings (SSSR count). The van der Waals surface area contributed by atoms with Crippen LogP contribution in [0.4, 0.5) is 4.79 Å². The number of likely N-dealkylation sites (tertiary alicyclic amines) is 1. The molecule has 1 amide bonds. The van der Waals surface area contributed by atoms with Crippen LogP contribution >= 0.6 is 11.6 Å². The molecule has 2 aliphatic rings. The number of rotatable bonds is 6. The van der Waals surface area contributed by atoms with E-state index in [1.165, 1.54) is 11.6 Å². The minimum Gasteiger partial charge on any atom is -0.492 e. The molecule has 0 bridgehead atoms. The van der Waals surface area contributed by atoms with E-state index in [1.54, 1.807) is 12.3 Å². The third kappa shape index (κ3) is 4.71. The molecule has 1 aromatic carbocycles. The average molecular weight is 446 g/mol. The molecule has 0 spiro atoms. The molecule has 3 atom stereocenters. The van der Waals surface area contributed by atoms with Crippen LogP contribution in [0.2, 0.25) is 5.02 Å². The predicted molar refractivity (Wildman–Crippen MR) is 117 cm³/mol. The van der Waals surface area contributed by atoms with Gasteiger partial charge in [-0.1, -0.05) is 31.5 Å². The number of Topliss-reactive ketones (excluding diaryl/α,β-unsaturated/α-hetero) is 1. The highest BCUT2D eigenvalue weighted by atomic mass is 35.5. The van der Waals surface area contributed by atoms with Crippen LogP contribution in [0.3, 0.4) is 0 Å². The highest BCUT2D eigenvalue weighted by molar-refractivity contribution is 6.33. The number of aromatic nitrogens is 2. The van der Waals surface area contributed by atoms with Crippen molar-refractivity contribution < 1.29 is 19.1 Å². The average Bonchev–Trinajstić information content (AvgIpc) is 3.42. The number of amides is 1. The zero-order valence-electron chi connectivity index (χ0n) is 18.1. The maximum Gasteiger partial charge on any atom is 0.344 e. The second kappa shape index (κ2) is 8.91. The quantitative estimate of drug-likeness (QED) is 0.610. The van der Waals surface area contributed by atoms with Crippen LogP contribution in [0.5, 0.6) is 11.5 Å². The molecule has 2 aromatic rings. The van der Waals surface area contributed by atoms with Crippen molar-refractivity contribution in [3.63, 3.8) is 0 Å². The Kier molecular flexibility index (Phi) is 6.23. The number of ether oxygens (including phenoxy) is 2. The lowest BCUT2D eigenvalue weighted by molar-refractivity contribution is 0.101. The maximum atomic E-state index is 12.7. The molecular weight excluding hydrogens is 418 g/mol. The molecule has 2 heterocycles. The Morgan fingerprint density at radius 3 is 2.45 bits per heavy atom. The van der Waals surface area contributed by atoms with Crippen molar-refractivity contribution in [3.8, 4) is 11.5 Å². The molecule has 1 saturated carbocycles. The Labute approximate surface area is 187 Å². The first-order valence-electron chi connectivity index (χ1n) is 10.8. The fourth-order valence-corrected chi connectivity index (χ4v) is 4.61. The van der Waals surface area contributed by atoms with Crippen molar-refractivity contribution in [1.82, 2.24) is 14.7 Å². The van der Waals surface area contributed by atoms with Crippen LogP contribution in [0.1, 0.15) is 44.1 Å². The molecule has 1 unspecified atom stereocenters. The Morgan fingerprint density at radius 2 is 1.84 bits per heavy atom. The van der Waals surface area contributed by atoms with Gasteiger partial charge in [0.25, 0.3) is 0 Å². The summed E-state index contributed by atoms with van der Waals surface area (Å²) < 4.78 is 13.3. The summed E-state index contributed by atoms with van der Waals surface area (Å²) in [6.07, 6.45) is 3.37. The van der Waals surface area contributed by atoms with Crippen molar-refractivity contribution >= 4 is 23.4 Å². The number of carbonyl (C=O) groups excluding carboxylic acids is 2. The third-order valence-electron chi connectivity index (χ3n) is 5.92. The zero-order chi connectivity index (χ0) is 22.1. The Morgan fingerprint density at radius 1 is 1.16 bits per heavy atom. The van der Waals surface area contributed by atoms with Crippen LogP contribution in [0.25, 0.3) is 0 Å². The summed E-state index contributed by atoms with van der Waals surface area (Å²) in [6.45, 7) is 7.57. The summed E-state index contributed by atoms with van der Waals surface area (Å²) in [5.74, 6) is 2.33. The lowest BCUT2D eigenvalue weighted by Gasteiger charge is -2.21. The normalized spacial score (nSPS) is 22.6. The molecule has 8 heteroatoms. The van der Waals surface area contributed by atoms with E-state index in [-0.39, 0.29) is 17.9 Å². The van der Waals surface area contributed by atoms with Gasteiger partial charge in [0, 0.05) is 26.2 Å². The van der Waals surface area contributed by atoms with Gasteiger partial charge in [0.15, 0.2) is 5.78 Å². The molecule has 7 nitrogen and oxygen atoms in total. The monoisotopic (exact) mass is 445 g/mol. The topological polar surface area (TPSA) is 73.7 Å². The minimum atomic E-state index is -0.183. The molecule has 1 saturated heterocycles. The van der Waals surface area contributed by atoms with E-state index in [4.69, 9.17) is 21.1 Å². The van der Waals surface area contributed by atoms with Crippen LogP contribution in [-0.4, -0.2) is 52.3 Å². The molecule has 0 radical (unpaired) electrons. The van der Waals surface area contributed by atoms with Gasteiger partial charge in [-0.05, 0) is 48.8 Å². The first-order chi connectivity index (χ1) is 14.8. The molecule has 31 heavy (non-hydrogen) atoms. The van der Waals surface area contributed by atoms with E-state index in [1.807, 2.05) is 23.1 Å². The largest absolute Gasteiger partial charge is 0.492 e. The van der Waals surface area contributed by atoms with Crippen LogP contribution in [-0.2, 0) is 0 Å². The first kappa shape index (κ1) is 21.7. The number of fused-ring (bicyclic) bond motifs is 1. The molecule has 0 N–H and O–H groups in total. The number of hydrogen-bond donors (Lipinski definition) is 0. The van der Waals surface area contributed by atoms with Gasteiger partial charge < -0.3 is 14.4 Å². The molecule has 1 aromatic heterocycles. The predicted octanol–water partition coefficient (Wildman–Crippen LogP) is 4.53. The molecule has 2 fully saturated rings. The summed E-state index contributed by atoms with van der Waals surface area (Å²) in [4.78, 5) is 26.0. The van der Waals surface area contributed by atoms with E-state index < -0.39 is 0 Å². The smallest absolute Gasteiger partial charge is 0.344 e. The zero-order valence-corrected chi connectivity index (χ0v) is 18.8. The van der Waals surface area contributed by atoms with E-state index >= 15 is 0 Å². The number of carbonyl (C=O) groups is 2. The second-order valence-corrected chi connectivity index (χ2v) is 9.27. The fraction of sp³-hybridized carbons (Fsp3) is 0.522. The third-order valence-corrected chi connectivity index (χ3v) is 6.29. The Balaban J connectivity index is 1.34. The van der Waals surface area contributed by atoms with E-state index in [2.05, 4.69) is 18.9 Å². The molecule has 166 valence electrons. The van der Waals surface area contributed by atoms with Gasteiger partial charge in [0.1, 0.15) is 22.2 Å². The summed E-state index contributed by atoms with van der Waals surface area (Å²) in [5.41, 5.74) is 0.303. The lowest BCUT2D eigenvalue weighted by atomic mass is 10.0. The molecule has 1 aliphatic heterocycles. The lowest BCUT2D eigenvalue weighted by Crippen LogP contribution is -2.34. The van der Waals surface area contributed by atoms with Crippen molar-refractivity contribution in [2.45, 2.75) is 39.7 Å². The minimum absolute atomic E-state index is 0.0686. The van der Waals surface area contributed by atoms with Gasteiger partial charge in [-0.15, -0.1) is 0 Å². The number of halogens is 1. The second-order valence-electron chi connectivity index (χ2n) is 8.89. The summed E-state index contributed by atoms with van der Waals surface area (Å²) >= 11 is 6.51. The molecule has 1 aliphatic carbocycles. The highest BCUT2D eigenvalue weighted by Gasteiger charge is 2.43. The first-order valence-corrected chi connectivity index (χ1v) is 11.1. The van der Waals surface area contributed by atoms with E-state index in [0.717, 1.165) is 12.8 Å². The van der Waals surface area contributed by atoms with Crippen molar-refractivity contribution in [2.24, 2.45) is 17.8 Å². The number of hydrogen-bond acceptors (Lipinski definition) is 5. The van der Waals surface area contributed by atoms with Gasteiger partial charge in [0.2, 0.25) is 0 Å². The van der Waals surface area contributed by atoms with E-state index in [0.29, 0.717) is 59.7 Å². The summed E-state index contributed by atoms with van der Waals surface area (Å²) in [6, 6.07) is 7.02. The fourth-order valence-electron chi connectivity index (χ4n) is 4.39. The summed E-state index contributed by atoms with van der Waals surface area (Å²) in [7, 11) is 0. The SMILES string of the molecule is CC(=O)c1ccn(C(=O)N2C[C@H]3CC(Oc4cccc(OCC(C)C)c4Cl)C[C@H]3C2)n1. The number of nitrogens with zero attached hydrogens (tertiary/aromatic N) is 3. The maximum absolute atomic E-state index is 12.7. The standard InChI is InChI=1S/C23H28ClN3O4/c1-14(2)13-30-20-5-4-6-21(22(20)24)31-18-9-16-11-26(12-17(16)10-18)23(29)27-8-7-19(25-27)15(3)28/h4-8,14,16-18H,9-13H2,1-3H3/t16-,17+,18?. The molecular formula is C23H28ClN3O4. The Bertz CT molecular complexity index is 959. The van der Waals surface area contributed by atoms with E-state index in [9.17, 15) is 9.59 Å². The van der Waals surface area contributed by atoms with Gasteiger partial charge >= 0.3 is 6.03 Å². The van der Waals surface area contributed by atoms with Gasteiger partial charge in [0.05, 0.1) is 12.7 Å². The van der Waals surface area contributed by atoms with Crippen molar-refractivity contribution in [2.75, 3.05) is 19.7 Å². The van der Waals surface area contributed by atoms with Crippen LogP contribution in [0, 0.1) is 17.8 Å². The van der Waals surface area contributed by atoms with Gasteiger partial charge in [-0.3, -0.25) is 4.79 Å².